The van der Waals surface area contributed by atoms with Crippen molar-refractivity contribution in [2.75, 3.05) is 6.61 Å². The van der Waals surface area contributed by atoms with E-state index >= 15 is 0 Å². The first-order valence-corrected chi connectivity index (χ1v) is 5.01. The van der Waals surface area contributed by atoms with Crippen LogP contribution in [0.25, 0.3) is 5.76 Å². The minimum absolute atomic E-state index is 0. The van der Waals surface area contributed by atoms with Crippen LogP contribution < -0.4 is 24.0 Å². The standard InChI is InChI=1S/C12H10F2O4.Li/c1-2-18-12(17)11(16)6-10(15)7-3-4-8(13)9(14)5-7;/h3-6,15H,2H2,1H3;/q;+1/p-1/b10-6-;. The molecule has 0 spiro atoms. The molecule has 1 rings (SSSR count). The van der Waals surface area contributed by atoms with E-state index in [1.54, 1.807) is 0 Å². The van der Waals surface area contributed by atoms with Gasteiger partial charge in [0, 0.05) is 0 Å². The number of hydrogen-bond donors (Lipinski definition) is 0. The number of halogens is 2. The molecule has 1 aromatic rings. The van der Waals surface area contributed by atoms with E-state index in [9.17, 15) is 23.5 Å². The number of ketones is 1. The molecule has 0 saturated carbocycles. The van der Waals surface area contributed by atoms with Crippen LogP contribution in [0.1, 0.15) is 12.5 Å². The van der Waals surface area contributed by atoms with E-state index in [2.05, 4.69) is 4.74 Å². The van der Waals surface area contributed by atoms with Crippen LogP contribution in [-0.4, -0.2) is 18.4 Å². The third-order valence-electron chi connectivity index (χ3n) is 1.94. The number of esters is 1. The van der Waals surface area contributed by atoms with Crippen LogP contribution in [0.3, 0.4) is 0 Å². The van der Waals surface area contributed by atoms with Gasteiger partial charge in [0.05, 0.1) is 6.61 Å². The van der Waals surface area contributed by atoms with Crippen molar-refractivity contribution < 1.29 is 47.1 Å². The Kier molecular flexibility index (Phi) is 7.05. The van der Waals surface area contributed by atoms with E-state index in [1.807, 2.05) is 0 Å². The largest absolute Gasteiger partial charge is 1.00 e. The average molecular weight is 262 g/mol. The van der Waals surface area contributed by atoms with Gasteiger partial charge in [-0.05, 0) is 30.7 Å². The van der Waals surface area contributed by atoms with E-state index in [4.69, 9.17) is 0 Å². The smallest absolute Gasteiger partial charge is 0.872 e. The van der Waals surface area contributed by atoms with Gasteiger partial charge >= 0.3 is 24.8 Å². The first kappa shape index (κ1) is 17.4. The van der Waals surface area contributed by atoms with Crippen molar-refractivity contribution in [1.29, 1.82) is 0 Å². The Balaban J connectivity index is 0.00000324. The molecule has 4 nitrogen and oxygen atoms in total. The Morgan fingerprint density at radius 2 is 1.95 bits per heavy atom. The summed E-state index contributed by atoms with van der Waals surface area (Å²) in [5.41, 5.74) is -0.230. The summed E-state index contributed by atoms with van der Waals surface area (Å²) < 4.78 is 29.8. The van der Waals surface area contributed by atoms with Gasteiger partial charge in [0.15, 0.2) is 11.6 Å². The molecule has 0 bridgehead atoms. The predicted molar refractivity (Wildman–Crippen MR) is 56.0 cm³/mol. The summed E-state index contributed by atoms with van der Waals surface area (Å²) in [5.74, 6) is -5.53. The van der Waals surface area contributed by atoms with Crippen molar-refractivity contribution in [1.82, 2.24) is 0 Å². The Labute approximate surface area is 120 Å². The van der Waals surface area contributed by atoms with Crippen molar-refractivity contribution in [3.05, 3.63) is 41.5 Å². The maximum Gasteiger partial charge on any atom is 1.00 e. The summed E-state index contributed by atoms with van der Waals surface area (Å²) in [6.07, 6.45) is 0.477. The monoisotopic (exact) mass is 262 g/mol. The predicted octanol–water partition coefficient (Wildman–Crippen LogP) is -2.20. The first-order valence-electron chi connectivity index (χ1n) is 5.01. The van der Waals surface area contributed by atoms with Gasteiger partial charge < -0.3 is 9.84 Å². The second kappa shape index (κ2) is 7.72. The molecule has 0 amide bonds. The Bertz CT molecular complexity index is 514. The molecule has 0 fully saturated rings. The van der Waals surface area contributed by atoms with Gasteiger partial charge in [-0.2, -0.15) is 0 Å². The fourth-order valence-electron chi connectivity index (χ4n) is 1.11. The topological polar surface area (TPSA) is 66.4 Å². The summed E-state index contributed by atoms with van der Waals surface area (Å²) in [4.78, 5) is 22.1. The van der Waals surface area contributed by atoms with Gasteiger partial charge in [-0.25, -0.2) is 13.6 Å². The van der Waals surface area contributed by atoms with E-state index < -0.39 is 29.1 Å². The summed E-state index contributed by atoms with van der Waals surface area (Å²) in [6, 6.07) is 2.41. The Morgan fingerprint density at radius 1 is 1.32 bits per heavy atom. The molecule has 19 heavy (non-hydrogen) atoms. The van der Waals surface area contributed by atoms with Crippen LogP contribution in [-0.2, 0) is 14.3 Å². The first-order chi connectivity index (χ1) is 8.45. The molecule has 0 N–H and O–H groups in total. The number of rotatable bonds is 4. The van der Waals surface area contributed by atoms with Gasteiger partial charge in [-0.1, -0.05) is 11.8 Å². The van der Waals surface area contributed by atoms with Gasteiger partial charge in [0.1, 0.15) is 0 Å². The minimum atomic E-state index is -1.21. The van der Waals surface area contributed by atoms with Crippen molar-refractivity contribution in [2.24, 2.45) is 0 Å². The van der Waals surface area contributed by atoms with Crippen LogP contribution >= 0.6 is 0 Å². The Morgan fingerprint density at radius 3 is 2.47 bits per heavy atom. The molecule has 0 saturated heterocycles. The van der Waals surface area contributed by atoms with Crippen molar-refractivity contribution >= 4 is 17.5 Å². The SMILES string of the molecule is CCOC(=O)C(=O)/C=C(\[O-])c1ccc(F)c(F)c1.[Li+]. The molecule has 96 valence electrons. The molecule has 0 unspecified atom stereocenters. The van der Waals surface area contributed by atoms with Gasteiger partial charge in [0.25, 0.3) is 5.78 Å². The normalized spacial score (nSPS) is 10.6. The summed E-state index contributed by atoms with van der Waals surface area (Å²) in [6.45, 7) is 1.50. The number of carbonyl (C=O) groups is 2. The maximum atomic E-state index is 12.8. The minimum Gasteiger partial charge on any atom is -0.872 e. The fraction of sp³-hybridized carbons (Fsp3) is 0.167. The molecule has 0 atom stereocenters. The second-order valence-corrected chi connectivity index (χ2v) is 3.22. The van der Waals surface area contributed by atoms with E-state index in [-0.39, 0.29) is 31.0 Å². The van der Waals surface area contributed by atoms with Crippen LogP contribution in [0.5, 0.6) is 0 Å². The second-order valence-electron chi connectivity index (χ2n) is 3.22. The fourth-order valence-corrected chi connectivity index (χ4v) is 1.11. The Hall–Kier alpha value is -1.64. The van der Waals surface area contributed by atoms with Crippen LogP contribution in [0, 0.1) is 11.6 Å². The summed E-state index contributed by atoms with van der Waals surface area (Å²) in [7, 11) is 0. The number of hydrogen-bond acceptors (Lipinski definition) is 4. The van der Waals surface area contributed by atoms with Gasteiger partial charge in [-0.15, -0.1) is 0 Å². The number of ether oxygens (including phenoxy) is 1. The van der Waals surface area contributed by atoms with Crippen molar-refractivity contribution in [3.8, 4) is 0 Å². The third-order valence-corrected chi connectivity index (χ3v) is 1.94. The van der Waals surface area contributed by atoms with Gasteiger partial charge in [-0.3, -0.25) is 4.79 Å². The molecule has 0 aliphatic carbocycles. The van der Waals surface area contributed by atoms with Crippen molar-refractivity contribution in [3.63, 3.8) is 0 Å². The van der Waals surface area contributed by atoms with E-state index in [0.717, 1.165) is 12.1 Å². The van der Waals surface area contributed by atoms with E-state index in [0.29, 0.717) is 12.1 Å². The molecule has 0 aliphatic rings. The zero-order chi connectivity index (χ0) is 13.7. The molecule has 7 heteroatoms. The number of carbonyl (C=O) groups excluding carboxylic acids is 2. The zero-order valence-corrected chi connectivity index (χ0v) is 10.4. The average Bonchev–Trinajstić information content (AvgIpc) is 2.32. The molecule has 0 aliphatic heterocycles. The van der Waals surface area contributed by atoms with Crippen LogP contribution in [0.4, 0.5) is 8.78 Å². The molecule has 0 heterocycles. The maximum absolute atomic E-state index is 12.8. The van der Waals surface area contributed by atoms with Crippen molar-refractivity contribution in [2.45, 2.75) is 6.92 Å². The molecule has 0 aromatic heterocycles. The quantitative estimate of drug-likeness (QED) is 0.203. The van der Waals surface area contributed by atoms with Crippen LogP contribution in [0.15, 0.2) is 24.3 Å². The molecular weight excluding hydrogens is 253 g/mol. The number of benzene rings is 1. The summed E-state index contributed by atoms with van der Waals surface area (Å²) >= 11 is 0. The van der Waals surface area contributed by atoms with Crippen LogP contribution in [0.2, 0.25) is 0 Å². The molecule has 1 aromatic carbocycles. The summed E-state index contributed by atoms with van der Waals surface area (Å²) in [5, 5.41) is 11.5. The van der Waals surface area contributed by atoms with E-state index in [1.165, 1.54) is 6.92 Å². The molecular formula is C12H9F2LiO4. The van der Waals surface area contributed by atoms with Gasteiger partial charge in [0.2, 0.25) is 0 Å². The zero-order valence-electron chi connectivity index (χ0n) is 10.4. The molecule has 0 radical (unpaired) electrons. The third kappa shape index (κ3) is 4.85.